The zero-order valence-electron chi connectivity index (χ0n) is 16.3. The lowest BCUT2D eigenvalue weighted by Gasteiger charge is -2.34. The molecule has 1 fully saturated rings. The Labute approximate surface area is 169 Å². The van der Waals surface area contributed by atoms with Gasteiger partial charge in [0, 0.05) is 56.9 Å². The number of hydrogen-bond donors (Lipinski definition) is 0. The van der Waals surface area contributed by atoms with Crippen LogP contribution >= 0.6 is 11.3 Å². The molecule has 0 N–H and O–H groups in total. The summed E-state index contributed by atoms with van der Waals surface area (Å²) < 4.78 is 5.57. The normalized spacial score (nSPS) is 16.7. The highest BCUT2D eigenvalue weighted by Crippen LogP contribution is 2.26. The van der Waals surface area contributed by atoms with E-state index in [1.54, 1.807) is 0 Å². The number of aryl methyl sites for hydroxylation is 1. The molecule has 0 spiro atoms. The maximum absolute atomic E-state index is 12.5. The number of Topliss-reactive ketones (excluding diaryl/α,β-unsaturated/α-hetero) is 1. The van der Waals surface area contributed by atoms with Crippen LogP contribution in [0.3, 0.4) is 0 Å². The molecule has 1 aromatic carbocycles. The molecule has 28 heavy (non-hydrogen) atoms. The van der Waals surface area contributed by atoms with E-state index in [2.05, 4.69) is 23.1 Å². The highest BCUT2D eigenvalue weighted by molar-refractivity contribution is 7.14. The minimum absolute atomic E-state index is 0.0747. The summed E-state index contributed by atoms with van der Waals surface area (Å²) in [4.78, 5) is 30.9. The van der Waals surface area contributed by atoms with Crippen LogP contribution in [0.4, 0.5) is 0 Å². The molecule has 1 amide bonds. The van der Waals surface area contributed by atoms with Gasteiger partial charge in [-0.05, 0) is 36.2 Å². The van der Waals surface area contributed by atoms with Gasteiger partial charge in [0.2, 0.25) is 5.91 Å². The van der Waals surface area contributed by atoms with E-state index < -0.39 is 0 Å². The minimum Gasteiger partial charge on any atom is -0.493 e. The van der Waals surface area contributed by atoms with Crippen molar-refractivity contribution in [2.75, 3.05) is 32.8 Å². The largest absolute Gasteiger partial charge is 0.493 e. The van der Waals surface area contributed by atoms with Crippen LogP contribution in [0, 0.1) is 6.92 Å². The van der Waals surface area contributed by atoms with Crippen molar-refractivity contribution < 1.29 is 14.3 Å². The zero-order valence-corrected chi connectivity index (χ0v) is 17.1. The van der Waals surface area contributed by atoms with Gasteiger partial charge in [-0.2, -0.15) is 0 Å². The van der Waals surface area contributed by atoms with Crippen molar-refractivity contribution in [1.82, 2.24) is 9.80 Å². The van der Waals surface area contributed by atoms with Crippen molar-refractivity contribution in [3.8, 4) is 5.75 Å². The maximum atomic E-state index is 12.5. The second kappa shape index (κ2) is 8.45. The molecular weight excluding hydrogens is 372 g/mol. The smallest absolute Gasteiger partial charge is 0.223 e. The van der Waals surface area contributed by atoms with Gasteiger partial charge in [0.25, 0.3) is 0 Å². The maximum Gasteiger partial charge on any atom is 0.223 e. The van der Waals surface area contributed by atoms with Crippen LogP contribution in [-0.2, 0) is 17.8 Å². The second-order valence-electron chi connectivity index (χ2n) is 7.53. The minimum atomic E-state index is 0.0747. The highest BCUT2D eigenvalue weighted by atomic mass is 32.1. The van der Waals surface area contributed by atoms with Crippen molar-refractivity contribution in [1.29, 1.82) is 0 Å². The van der Waals surface area contributed by atoms with Crippen LogP contribution in [0.2, 0.25) is 0 Å². The van der Waals surface area contributed by atoms with Crippen molar-refractivity contribution >= 4 is 23.0 Å². The van der Waals surface area contributed by atoms with Crippen LogP contribution in [0.1, 0.15) is 38.5 Å². The molecule has 0 radical (unpaired) electrons. The molecule has 0 bridgehead atoms. The molecule has 0 aliphatic carbocycles. The van der Waals surface area contributed by atoms with Crippen molar-refractivity contribution in [2.24, 2.45) is 0 Å². The Morgan fingerprint density at radius 3 is 2.64 bits per heavy atom. The molecule has 0 saturated carbocycles. The monoisotopic (exact) mass is 398 g/mol. The summed E-state index contributed by atoms with van der Waals surface area (Å²) in [6, 6.07) is 10.3. The second-order valence-corrected chi connectivity index (χ2v) is 8.82. The van der Waals surface area contributed by atoms with Gasteiger partial charge in [0.05, 0.1) is 11.5 Å². The van der Waals surface area contributed by atoms with Crippen LogP contribution in [-0.4, -0.2) is 54.3 Å². The Balaban J connectivity index is 1.22. The van der Waals surface area contributed by atoms with Crippen LogP contribution in [0.15, 0.2) is 30.3 Å². The quantitative estimate of drug-likeness (QED) is 0.701. The predicted molar refractivity (Wildman–Crippen MR) is 110 cm³/mol. The van der Waals surface area contributed by atoms with Crippen LogP contribution in [0.25, 0.3) is 0 Å². The van der Waals surface area contributed by atoms with E-state index in [0.29, 0.717) is 12.8 Å². The number of benzene rings is 1. The lowest BCUT2D eigenvalue weighted by atomic mass is 10.1. The van der Waals surface area contributed by atoms with E-state index in [9.17, 15) is 9.59 Å². The first-order chi connectivity index (χ1) is 13.6. The van der Waals surface area contributed by atoms with Crippen LogP contribution in [0.5, 0.6) is 5.75 Å². The molecule has 5 nitrogen and oxygen atoms in total. The van der Waals surface area contributed by atoms with Gasteiger partial charge in [-0.25, -0.2) is 0 Å². The molecule has 0 atom stereocenters. The number of hydrogen-bond acceptors (Lipinski definition) is 5. The van der Waals surface area contributed by atoms with E-state index in [1.807, 2.05) is 24.0 Å². The summed E-state index contributed by atoms with van der Waals surface area (Å²) in [5.74, 6) is 1.19. The van der Waals surface area contributed by atoms with Gasteiger partial charge in [0.15, 0.2) is 5.78 Å². The first kappa shape index (κ1) is 19.2. The Kier molecular flexibility index (Phi) is 5.78. The van der Waals surface area contributed by atoms with Crippen molar-refractivity contribution in [2.45, 2.75) is 32.7 Å². The third-order valence-corrected chi connectivity index (χ3v) is 6.51. The van der Waals surface area contributed by atoms with E-state index in [-0.39, 0.29) is 11.7 Å². The topological polar surface area (TPSA) is 49.9 Å². The van der Waals surface area contributed by atoms with Gasteiger partial charge >= 0.3 is 0 Å². The average molecular weight is 399 g/mol. The predicted octanol–water partition coefficient (Wildman–Crippen LogP) is 3.30. The standard InChI is InChI=1S/C22H26N2O3S/c1-16-2-6-21(28-16)19(25)4-7-22(26)24-11-9-23(10-12-24)15-17-3-5-20-18(14-17)8-13-27-20/h2-3,5-6,14H,4,7-13,15H2,1H3. The summed E-state index contributed by atoms with van der Waals surface area (Å²) >= 11 is 1.50. The van der Waals surface area contributed by atoms with Gasteiger partial charge in [-0.1, -0.05) is 12.1 Å². The number of fused-ring (bicyclic) bond motifs is 1. The molecule has 3 heterocycles. The molecule has 1 aromatic heterocycles. The van der Waals surface area contributed by atoms with Gasteiger partial charge in [-0.3, -0.25) is 14.5 Å². The molecule has 2 aliphatic heterocycles. The summed E-state index contributed by atoms with van der Waals surface area (Å²) in [6.07, 6.45) is 1.60. The number of carbonyl (C=O) groups is 2. The Morgan fingerprint density at radius 2 is 1.89 bits per heavy atom. The number of carbonyl (C=O) groups excluding carboxylic acids is 2. The summed E-state index contributed by atoms with van der Waals surface area (Å²) in [5, 5.41) is 0. The first-order valence-electron chi connectivity index (χ1n) is 9.93. The molecular formula is C22H26N2O3S. The first-order valence-corrected chi connectivity index (χ1v) is 10.7. The number of piperazine rings is 1. The molecule has 4 rings (SSSR count). The summed E-state index contributed by atoms with van der Waals surface area (Å²) in [6.45, 7) is 6.90. The number of ether oxygens (including phenoxy) is 1. The average Bonchev–Trinajstić information content (AvgIpc) is 3.35. The number of rotatable bonds is 6. The van der Waals surface area contributed by atoms with Gasteiger partial charge in [0.1, 0.15) is 5.75 Å². The molecule has 6 heteroatoms. The lowest BCUT2D eigenvalue weighted by molar-refractivity contribution is -0.132. The highest BCUT2D eigenvalue weighted by Gasteiger charge is 2.22. The summed E-state index contributed by atoms with van der Waals surface area (Å²) in [5.41, 5.74) is 2.61. The third-order valence-electron chi connectivity index (χ3n) is 5.47. The lowest BCUT2D eigenvalue weighted by Crippen LogP contribution is -2.48. The molecule has 1 saturated heterocycles. The van der Waals surface area contributed by atoms with Gasteiger partial charge < -0.3 is 9.64 Å². The van der Waals surface area contributed by atoms with Crippen molar-refractivity contribution in [3.05, 3.63) is 51.2 Å². The molecule has 148 valence electrons. The number of amides is 1. The SMILES string of the molecule is Cc1ccc(C(=O)CCC(=O)N2CCN(Cc3ccc4c(c3)CCO4)CC2)s1. The Bertz CT molecular complexity index is 868. The fourth-order valence-corrected chi connectivity index (χ4v) is 4.67. The van der Waals surface area contributed by atoms with Gasteiger partial charge in [-0.15, -0.1) is 11.3 Å². The molecule has 2 aromatic rings. The number of nitrogens with zero attached hydrogens (tertiary/aromatic N) is 2. The number of ketones is 1. The van der Waals surface area contributed by atoms with E-state index in [1.165, 1.54) is 22.5 Å². The summed E-state index contributed by atoms with van der Waals surface area (Å²) in [7, 11) is 0. The fourth-order valence-electron chi connectivity index (χ4n) is 3.84. The Hall–Kier alpha value is -2.18. The van der Waals surface area contributed by atoms with Crippen LogP contribution < -0.4 is 4.74 Å². The number of thiophene rings is 1. The molecule has 0 unspecified atom stereocenters. The fraction of sp³-hybridized carbons (Fsp3) is 0.455. The van der Waals surface area contributed by atoms with Crippen molar-refractivity contribution in [3.63, 3.8) is 0 Å². The Morgan fingerprint density at radius 1 is 1.07 bits per heavy atom. The third kappa shape index (κ3) is 4.45. The van der Waals surface area contributed by atoms with E-state index in [4.69, 9.17) is 4.74 Å². The van der Waals surface area contributed by atoms with E-state index >= 15 is 0 Å². The zero-order chi connectivity index (χ0) is 19.5. The van der Waals surface area contributed by atoms with E-state index in [0.717, 1.165) is 61.3 Å². The molecule has 2 aliphatic rings.